The van der Waals surface area contributed by atoms with Gasteiger partial charge in [-0.25, -0.2) is 8.78 Å². The van der Waals surface area contributed by atoms with Crippen molar-refractivity contribution in [3.8, 4) is 5.75 Å². The minimum Gasteiger partial charge on any atom is -0.497 e. The van der Waals surface area contributed by atoms with Crippen LogP contribution in [0.25, 0.3) is 0 Å². The van der Waals surface area contributed by atoms with Crippen molar-refractivity contribution >= 4 is 17.1 Å². The van der Waals surface area contributed by atoms with Crippen LogP contribution in [0, 0.1) is 11.6 Å². The van der Waals surface area contributed by atoms with Crippen molar-refractivity contribution in [2.24, 2.45) is 0 Å². The first-order chi connectivity index (χ1) is 8.60. The fraction of sp³-hybridized carbons (Fsp3) is 0.0769. The second kappa shape index (κ2) is 4.91. The average molecular weight is 250 g/mol. The van der Waals surface area contributed by atoms with Gasteiger partial charge in [0.2, 0.25) is 0 Å². The molecule has 18 heavy (non-hydrogen) atoms. The monoisotopic (exact) mass is 250 g/mol. The molecule has 5 heteroatoms. The molecule has 2 aromatic carbocycles. The van der Waals surface area contributed by atoms with Gasteiger partial charge < -0.3 is 15.8 Å². The molecular weight excluding hydrogens is 238 g/mol. The highest BCUT2D eigenvalue weighted by Gasteiger charge is 2.07. The maximum atomic E-state index is 13.6. The van der Waals surface area contributed by atoms with Gasteiger partial charge in [-0.05, 0) is 30.3 Å². The van der Waals surface area contributed by atoms with Crippen molar-refractivity contribution < 1.29 is 13.5 Å². The Bertz CT molecular complexity index is 573. The molecule has 0 atom stereocenters. The predicted molar refractivity (Wildman–Crippen MR) is 67.0 cm³/mol. The lowest BCUT2D eigenvalue weighted by molar-refractivity contribution is 0.414. The average Bonchev–Trinajstić information content (AvgIpc) is 2.35. The number of rotatable bonds is 3. The van der Waals surface area contributed by atoms with E-state index in [0.717, 1.165) is 0 Å². The Labute approximate surface area is 103 Å². The van der Waals surface area contributed by atoms with Crippen LogP contribution < -0.4 is 15.8 Å². The number of ether oxygens (including phenoxy) is 1. The summed E-state index contributed by atoms with van der Waals surface area (Å²) in [6.45, 7) is 0. The van der Waals surface area contributed by atoms with Gasteiger partial charge in [-0.3, -0.25) is 0 Å². The third-order valence-corrected chi connectivity index (χ3v) is 2.44. The van der Waals surface area contributed by atoms with Crippen LogP contribution in [0.4, 0.5) is 25.8 Å². The standard InChI is InChI=1S/C13H12F2N2O/c1-18-9-3-4-10(14)13(7-9)17-12-5-2-8(16)6-11(12)15/h2-7,17H,16H2,1H3. The van der Waals surface area contributed by atoms with Gasteiger partial charge in [-0.1, -0.05) is 0 Å². The SMILES string of the molecule is COc1ccc(F)c(Nc2ccc(N)cc2F)c1. The van der Waals surface area contributed by atoms with Crippen molar-refractivity contribution in [2.75, 3.05) is 18.2 Å². The highest BCUT2D eigenvalue weighted by molar-refractivity contribution is 5.64. The molecule has 0 heterocycles. The second-order valence-corrected chi connectivity index (χ2v) is 3.71. The third kappa shape index (κ3) is 2.51. The molecule has 0 radical (unpaired) electrons. The quantitative estimate of drug-likeness (QED) is 0.822. The molecule has 0 spiro atoms. The van der Waals surface area contributed by atoms with E-state index >= 15 is 0 Å². The highest BCUT2D eigenvalue weighted by atomic mass is 19.1. The van der Waals surface area contributed by atoms with Crippen molar-refractivity contribution in [3.63, 3.8) is 0 Å². The Kier molecular flexibility index (Phi) is 3.32. The Balaban J connectivity index is 2.33. The summed E-state index contributed by atoms with van der Waals surface area (Å²) < 4.78 is 32.1. The first-order valence-electron chi connectivity index (χ1n) is 5.26. The van der Waals surface area contributed by atoms with Crippen LogP contribution in [-0.2, 0) is 0 Å². The Morgan fingerprint density at radius 2 is 1.78 bits per heavy atom. The Morgan fingerprint density at radius 3 is 2.44 bits per heavy atom. The number of methoxy groups -OCH3 is 1. The number of hydrogen-bond donors (Lipinski definition) is 2. The second-order valence-electron chi connectivity index (χ2n) is 3.71. The normalized spacial score (nSPS) is 10.2. The smallest absolute Gasteiger partial charge is 0.148 e. The maximum absolute atomic E-state index is 13.6. The summed E-state index contributed by atoms with van der Waals surface area (Å²) in [6.07, 6.45) is 0. The Hall–Kier alpha value is -2.30. The van der Waals surface area contributed by atoms with E-state index in [1.54, 1.807) is 0 Å². The Morgan fingerprint density at radius 1 is 1.00 bits per heavy atom. The molecule has 3 nitrogen and oxygen atoms in total. The predicted octanol–water partition coefficient (Wildman–Crippen LogP) is 3.30. The van der Waals surface area contributed by atoms with Gasteiger partial charge in [-0.15, -0.1) is 0 Å². The van der Waals surface area contributed by atoms with E-state index in [-0.39, 0.29) is 11.4 Å². The molecule has 2 rings (SSSR count). The maximum Gasteiger partial charge on any atom is 0.148 e. The fourth-order valence-electron chi connectivity index (χ4n) is 1.50. The lowest BCUT2D eigenvalue weighted by Crippen LogP contribution is -1.98. The molecule has 3 N–H and O–H groups in total. The van der Waals surface area contributed by atoms with Gasteiger partial charge >= 0.3 is 0 Å². The summed E-state index contributed by atoms with van der Waals surface area (Å²) in [6, 6.07) is 8.33. The molecule has 2 aromatic rings. The largest absolute Gasteiger partial charge is 0.497 e. The van der Waals surface area contributed by atoms with Crippen LogP contribution in [0.2, 0.25) is 0 Å². The first-order valence-corrected chi connectivity index (χ1v) is 5.26. The molecule has 0 aromatic heterocycles. The lowest BCUT2D eigenvalue weighted by Gasteiger charge is -2.10. The molecule has 0 saturated heterocycles. The molecular formula is C13H12F2N2O. The van der Waals surface area contributed by atoms with Gasteiger partial charge in [0.15, 0.2) is 0 Å². The number of halogens is 2. The van der Waals surface area contributed by atoms with Crippen LogP contribution >= 0.6 is 0 Å². The van der Waals surface area contributed by atoms with Gasteiger partial charge in [0.05, 0.1) is 18.5 Å². The zero-order chi connectivity index (χ0) is 13.1. The van der Waals surface area contributed by atoms with Gasteiger partial charge in [0.25, 0.3) is 0 Å². The highest BCUT2D eigenvalue weighted by Crippen LogP contribution is 2.26. The molecule has 94 valence electrons. The minimum atomic E-state index is -0.544. The number of nitrogen functional groups attached to an aromatic ring is 1. The molecule has 0 fully saturated rings. The van der Waals surface area contributed by atoms with Crippen LogP contribution in [0.3, 0.4) is 0 Å². The summed E-state index contributed by atoms with van der Waals surface area (Å²) >= 11 is 0. The number of anilines is 3. The fourth-order valence-corrected chi connectivity index (χ4v) is 1.50. The van der Waals surface area contributed by atoms with E-state index in [9.17, 15) is 8.78 Å². The number of nitrogens with one attached hydrogen (secondary N) is 1. The molecule has 0 aliphatic heterocycles. The summed E-state index contributed by atoms with van der Waals surface area (Å²) in [7, 11) is 1.47. The van der Waals surface area contributed by atoms with Crippen molar-refractivity contribution in [1.29, 1.82) is 0 Å². The van der Waals surface area contributed by atoms with Gasteiger partial charge in [0.1, 0.15) is 17.4 Å². The van der Waals surface area contributed by atoms with E-state index in [4.69, 9.17) is 10.5 Å². The molecule has 0 amide bonds. The van der Waals surface area contributed by atoms with Crippen LogP contribution in [0.15, 0.2) is 36.4 Å². The van der Waals surface area contributed by atoms with E-state index < -0.39 is 11.6 Å². The summed E-state index contributed by atoms with van der Waals surface area (Å²) in [5, 5.41) is 2.66. The molecule has 0 unspecified atom stereocenters. The zero-order valence-corrected chi connectivity index (χ0v) is 9.71. The van der Waals surface area contributed by atoms with Crippen molar-refractivity contribution in [3.05, 3.63) is 48.0 Å². The van der Waals surface area contributed by atoms with Crippen LogP contribution in [-0.4, -0.2) is 7.11 Å². The molecule has 0 bridgehead atoms. The van der Waals surface area contributed by atoms with Gasteiger partial charge in [-0.2, -0.15) is 0 Å². The number of benzene rings is 2. The van der Waals surface area contributed by atoms with E-state index in [1.165, 1.54) is 43.5 Å². The van der Waals surface area contributed by atoms with Crippen molar-refractivity contribution in [2.45, 2.75) is 0 Å². The minimum absolute atomic E-state index is 0.137. The number of nitrogens with two attached hydrogens (primary N) is 1. The van der Waals surface area contributed by atoms with E-state index in [2.05, 4.69) is 5.32 Å². The van der Waals surface area contributed by atoms with Crippen LogP contribution in [0.5, 0.6) is 5.75 Å². The summed E-state index contributed by atoms with van der Waals surface area (Å²) in [5.41, 5.74) is 6.03. The van der Waals surface area contributed by atoms with E-state index in [0.29, 0.717) is 11.4 Å². The topological polar surface area (TPSA) is 47.3 Å². The number of hydrogen-bond acceptors (Lipinski definition) is 3. The summed E-state index contributed by atoms with van der Waals surface area (Å²) in [5.74, 6) is -0.556. The summed E-state index contributed by atoms with van der Waals surface area (Å²) in [4.78, 5) is 0. The lowest BCUT2D eigenvalue weighted by atomic mass is 10.2. The molecule has 0 aliphatic carbocycles. The van der Waals surface area contributed by atoms with Gasteiger partial charge in [0, 0.05) is 11.8 Å². The first kappa shape index (κ1) is 12.2. The molecule has 0 saturated carbocycles. The van der Waals surface area contributed by atoms with Crippen LogP contribution in [0.1, 0.15) is 0 Å². The zero-order valence-electron chi connectivity index (χ0n) is 9.71. The van der Waals surface area contributed by atoms with E-state index in [1.807, 2.05) is 0 Å². The molecule has 0 aliphatic rings. The third-order valence-electron chi connectivity index (χ3n) is 2.44. The van der Waals surface area contributed by atoms with Crippen molar-refractivity contribution in [1.82, 2.24) is 0 Å².